The molecule has 0 bridgehead atoms. The SMILES string of the molecule is Cc1cccc(C(=O)c2cccc(C)c2O)c1O. The molecule has 0 aliphatic rings. The van der Waals surface area contributed by atoms with Gasteiger partial charge in [0, 0.05) is 0 Å². The number of aromatic hydroxyl groups is 2. The summed E-state index contributed by atoms with van der Waals surface area (Å²) < 4.78 is 0. The first kappa shape index (κ1) is 12.2. The first-order valence-corrected chi connectivity index (χ1v) is 5.64. The molecule has 3 heteroatoms. The van der Waals surface area contributed by atoms with E-state index >= 15 is 0 Å². The van der Waals surface area contributed by atoms with Crippen LogP contribution in [0.15, 0.2) is 36.4 Å². The lowest BCUT2D eigenvalue weighted by Crippen LogP contribution is -2.03. The molecule has 0 saturated heterocycles. The number of benzene rings is 2. The Kier molecular flexibility index (Phi) is 3.06. The third-order valence-electron chi connectivity index (χ3n) is 2.96. The first-order valence-electron chi connectivity index (χ1n) is 5.64. The maximum atomic E-state index is 12.3. The number of para-hydroxylation sites is 2. The topological polar surface area (TPSA) is 57.5 Å². The fraction of sp³-hybridized carbons (Fsp3) is 0.133. The third kappa shape index (κ3) is 1.95. The zero-order chi connectivity index (χ0) is 13.3. The van der Waals surface area contributed by atoms with Crippen molar-refractivity contribution in [3.05, 3.63) is 58.7 Å². The van der Waals surface area contributed by atoms with Crippen LogP contribution in [0.3, 0.4) is 0 Å². The maximum absolute atomic E-state index is 12.3. The largest absolute Gasteiger partial charge is 0.507 e. The Morgan fingerprint density at radius 1 is 0.833 bits per heavy atom. The van der Waals surface area contributed by atoms with Crippen LogP contribution in [0.25, 0.3) is 0 Å². The van der Waals surface area contributed by atoms with Gasteiger partial charge in [-0.1, -0.05) is 24.3 Å². The van der Waals surface area contributed by atoms with Gasteiger partial charge < -0.3 is 10.2 Å². The summed E-state index contributed by atoms with van der Waals surface area (Å²) in [4.78, 5) is 12.3. The first-order chi connectivity index (χ1) is 8.52. The normalized spacial score (nSPS) is 10.3. The van der Waals surface area contributed by atoms with Crippen molar-refractivity contribution in [2.24, 2.45) is 0 Å². The van der Waals surface area contributed by atoms with Crippen molar-refractivity contribution >= 4 is 5.78 Å². The standard InChI is InChI=1S/C15H14O3/c1-9-5-3-7-11(13(9)16)15(18)12-8-4-6-10(2)14(12)17/h3-8,16-17H,1-2H3. The number of carbonyl (C=O) groups excluding carboxylic acids is 1. The van der Waals surface area contributed by atoms with Crippen LogP contribution in [0.4, 0.5) is 0 Å². The number of ketones is 1. The highest BCUT2D eigenvalue weighted by molar-refractivity contribution is 6.12. The summed E-state index contributed by atoms with van der Waals surface area (Å²) in [6.07, 6.45) is 0. The molecule has 0 fully saturated rings. The zero-order valence-corrected chi connectivity index (χ0v) is 10.3. The van der Waals surface area contributed by atoms with Crippen molar-refractivity contribution in [3.63, 3.8) is 0 Å². The van der Waals surface area contributed by atoms with Crippen molar-refractivity contribution < 1.29 is 15.0 Å². The van der Waals surface area contributed by atoms with Gasteiger partial charge in [-0.3, -0.25) is 4.79 Å². The summed E-state index contributed by atoms with van der Waals surface area (Å²) in [7, 11) is 0. The van der Waals surface area contributed by atoms with Crippen LogP contribution in [0.1, 0.15) is 27.0 Å². The van der Waals surface area contributed by atoms with Gasteiger partial charge >= 0.3 is 0 Å². The smallest absolute Gasteiger partial charge is 0.200 e. The van der Waals surface area contributed by atoms with Crippen molar-refractivity contribution in [2.75, 3.05) is 0 Å². The minimum atomic E-state index is -0.377. The van der Waals surface area contributed by atoms with Gasteiger partial charge in [-0.15, -0.1) is 0 Å². The van der Waals surface area contributed by atoms with Gasteiger partial charge in [0.1, 0.15) is 11.5 Å². The molecule has 0 aromatic heterocycles. The van der Waals surface area contributed by atoms with Crippen molar-refractivity contribution in [1.29, 1.82) is 0 Å². The summed E-state index contributed by atoms with van der Waals surface area (Å²) in [5.41, 5.74) is 1.67. The molecule has 2 aromatic rings. The van der Waals surface area contributed by atoms with E-state index < -0.39 is 0 Å². The molecule has 2 rings (SSSR count). The summed E-state index contributed by atoms with van der Waals surface area (Å²) in [6, 6.07) is 9.95. The molecule has 0 atom stereocenters. The fourth-order valence-corrected chi connectivity index (χ4v) is 1.83. The van der Waals surface area contributed by atoms with Gasteiger partial charge in [0.2, 0.25) is 0 Å². The fourth-order valence-electron chi connectivity index (χ4n) is 1.83. The minimum Gasteiger partial charge on any atom is -0.507 e. The van der Waals surface area contributed by atoms with Crippen LogP contribution < -0.4 is 0 Å². The number of rotatable bonds is 2. The van der Waals surface area contributed by atoms with Crippen LogP contribution >= 0.6 is 0 Å². The average molecular weight is 242 g/mol. The lowest BCUT2D eigenvalue weighted by Gasteiger charge is -2.08. The second kappa shape index (κ2) is 4.53. The second-order valence-corrected chi connectivity index (χ2v) is 4.27. The Balaban J connectivity index is 2.55. The van der Waals surface area contributed by atoms with Gasteiger partial charge in [-0.05, 0) is 37.1 Å². The van der Waals surface area contributed by atoms with Gasteiger partial charge in [0.15, 0.2) is 5.78 Å². The highest BCUT2D eigenvalue weighted by Crippen LogP contribution is 2.29. The molecule has 2 N–H and O–H groups in total. The van der Waals surface area contributed by atoms with Crippen molar-refractivity contribution in [1.82, 2.24) is 0 Å². The van der Waals surface area contributed by atoms with Gasteiger partial charge in [0.05, 0.1) is 11.1 Å². The van der Waals surface area contributed by atoms with E-state index in [0.717, 1.165) is 0 Å². The Labute approximate surface area is 105 Å². The van der Waals surface area contributed by atoms with Gasteiger partial charge in [-0.2, -0.15) is 0 Å². The van der Waals surface area contributed by atoms with Gasteiger partial charge in [-0.25, -0.2) is 0 Å². The monoisotopic (exact) mass is 242 g/mol. The third-order valence-corrected chi connectivity index (χ3v) is 2.96. The lowest BCUT2D eigenvalue weighted by atomic mass is 9.98. The van der Waals surface area contributed by atoms with Crippen LogP contribution in [-0.4, -0.2) is 16.0 Å². The molecule has 3 nitrogen and oxygen atoms in total. The minimum absolute atomic E-state index is 0.0385. The Morgan fingerprint density at radius 3 is 1.61 bits per heavy atom. The molecule has 0 aliphatic carbocycles. The summed E-state index contributed by atoms with van der Waals surface area (Å²) >= 11 is 0. The maximum Gasteiger partial charge on any atom is 0.200 e. The van der Waals surface area contributed by atoms with Gasteiger partial charge in [0.25, 0.3) is 0 Å². The molecule has 0 aliphatic heterocycles. The predicted octanol–water partition coefficient (Wildman–Crippen LogP) is 2.95. The highest BCUT2D eigenvalue weighted by atomic mass is 16.3. The van der Waals surface area contributed by atoms with E-state index in [1.165, 1.54) is 0 Å². The number of carbonyl (C=O) groups is 1. The molecule has 0 spiro atoms. The second-order valence-electron chi connectivity index (χ2n) is 4.27. The lowest BCUT2D eigenvalue weighted by molar-refractivity contribution is 0.103. The molecular weight excluding hydrogens is 228 g/mol. The summed E-state index contributed by atoms with van der Waals surface area (Å²) in [6.45, 7) is 3.45. The molecule has 2 aromatic carbocycles. The Bertz CT molecular complexity index is 562. The molecular formula is C15H14O3. The molecule has 0 radical (unpaired) electrons. The highest BCUT2D eigenvalue weighted by Gasteiger charge is 2.18. The van der Waals surface area contributed by atoms with E-state index in [2.05, 4.69) is 0 Å². The Hall–Kier alpha value is -2.29. The summed E-state index contributed by atoms with van der Waals surface area (Å²) in [5.74, 6) is -0.454. The van der Waals surface area contributed by atoms with Crippen molar-refractivity contribution in [3.8, 4) is 11.5 Å². The molecule has 0 unspecified atom stereocenters. The molecule has 0 heterocycles. The van der Waals surface area contributed by atoms with E-state index in [1.54, 1.807) is 50.2 Å². The summed E-state index contributed by atoms with van der Waals surface area (Å²) in [5, 5.41) is 19.8. The zero-order valence-electron chi connectivity index (χ0n) is 10.3. The Morgan fingerprint density at radius 2 is 1.22 bits per heavy atom. The van der Waals surface area contributed by atoms with E-state index in [1.807, 2.05) is 0 Å². The van der Waals surface area contributed by atoms with Crippen molar-refractivity contribution in [2.45, 2.75) is 13.8 Å². The molecule has 92 valence electrons. The number of hydrogen-bond acceptors (Lipinski definition) is 3. The van der Waals surface area contributed by atoms with E-state index in [4.69, 9.17) is 0 Å². The number of phenolic OH excluding ortho intramolecular Hbond substituents is 2. The van der Waals surface area contributed by atoms with Crippen LogP contribution in [0, 0.1) is 13.8 Å². The van der Waals surface area contributed by atoms with E-state index in [9.17, 15) is 15.0 Å². The predicted molar refractivity (Wildman–Crippen MR) is 69.1 cm³/mol. The number of aryl methyl sites for hydroxylation is 2. The van der Waals surface area contributed by atoms with E-state index in [0.29, 0.717) is 11.1 Å². The molecule has 18 heavy (non-hydrogen) atoms. The number of hydrogen-bond donors (Lipinski definition) is 2. The molecule has 0 amide bonds. The van der Waals surface area contributed by atoms with Crippen LogP contribution in [-0.2, 0) is 0 Å². The quantitative estimate of drug-likeness (QED) is 0.796. The van der Waals surface area contributed by atoms with Crippen LogP contribution in [0.5, 0.6) is 11.5 Å². The van der Waals surface area contributed by atoms with Crippen LogP contribution in [0.2, 0.25) is 0 Å². The molecule has 0 saturated carbocycles. The number of phenols is 2. The average Bonchev–Trinajstić information content (AvgIpc) is 2.35. The van der Waals surface area contributed by atoms with E-state index in [-0.39, 0.29) is 28.4 Å².